The lowest BCUT2D eigenvalue weighted by molar-refractivity contribution is 0.628. The molecule has 0 radical (unpaired) electrons. The molecular formula is C26H25FN4. The molecule has 0 atom stereocenters. The number of pyridine rings is 1. The van der Waals surface area contributed by atoms with Crippen LogP contribution in [-0.2, 0) is 6.42 Å². The van der Waals surface area contributed by atoms with Gasteiger partial charge in [-0.3, -0.25) is 10.1 Å². The molecule has 2 aromatic carbocycles. The predicted molar refractivity (Wildman–Crippen MR) is 124 cm³/mol. The van der Waals surface area contributed by atoms with Gasteiger partial charge in [0.25, 0.3) is 0 Å². The van der Waals surface area contributed by atoms with E-state index in [1.54, 1.807) is 24.5 Å². The number of aromatic nitrogens is 3. The summed E-state index contributed by atoms with van der Waals surface area (Å²) < 4.78 is 13.4. The Labute approximate surface area is 181 Å². The van der Waals surface area contributed by atoms with Crippen molar-refractivity contribution in [3.8, 4) is 22.4 Å². The number of nitrogens with zero attached hydrogens (tertiary/aromatic N) is 2. The molecule has 0 aliphatic heterocycles. The third-order valence-electron chi connectivity index (χ3n) is 5.34. The average Bonchev–Trinajstić information content (AvgIpc) is 3.22. The molecule has 0 aliphatic rings. The van der Waals surface area contributed by atoms with E-state index in [-0.39, 0.29) is 5.82 Å². The second-order valence-corrected chi connectivity index (χ2v) is 7.49. The van der Waals surface area contributed by atoms with Gasteiger partial charge in [0, 0.05) is 41.5 Å². The summed E-state index contributed by atoms with van der Waals surface area (Å²) in [4.78, 5) is 4.13. The van der Waals surface area contributed by atoms with Crippen molar-refractivity contribution in [1.29, 1.82) is 0 Å². The number of H-pyrrole nitrogens is 1. The van der Waals surface area contributed by atoms with Crippen molar-refractivity contribution < 1.29 is 4.39 Å². The Hall–Kier alpha value is -3.73. The smallest absolute Gasteiger partial charge is 0.123 e. The molecule has 2 N–H and O–H groups in total. The van der Waals surface area contributed by atoms with Gasteiger partial charge in [-0.1, -0.05) is 30.8 Å². The summed E-state index contributed by atoms with van der Waals surface area (Å²) in [6.07, 6.45) is 5.27. The van der Waals surface area contributed by atoms with Crippen LogP contribution in [0.25, 0.3) is 28.1 Å². The summed E-state index contributed by atoms with van der Waals surface area (Å²) in [5.41, 5.74) is 8.10. The topological polar surface area (TPSA) is 53.6 Å². The number of hydrogen-bond donors (Lipinski definition) is 2. The minimum Gasteiger partial charge on any atom is -0.385 e. The molecule has 0 amide bonds. The van der Waals surface area contributed by atoms with Crippen molar-refractivity contribution in [2.75, 3.05) is 6.54 Å². The van der Waals surface area contributed by atoms with Crippen LogP contribution in [0.4, 0.5) is 4.39 Å². The SMILES string of the molecule is C=C(NCCCc1[nH]nc(-c2ccc(F)cc2)c1-c1ccncc1)c1ccccc1C. The van der Waals surface area contributed by atoms with Crippen LogP contribution in [0, 0.1) is 12.7 Å². The van der Waals surface area contributed by atoms with E-state index in [2.05, 4.69) is 46.1 Å². The number of benzene rings is 2. The van der Waals surface area contributed by atoms with E-state index >= 15 is 0 Å². The van der Waals surface area contributed by atoms with Crippen LogP contribution in [0.15, 0.2) is 79.6 Å². The monoisotopic (exact) mass is 412 g/mol. The Bertz CT molecular complexity index is 1160. The van der Waals surface area contributed by atoms with Crippen LogP contribution < -0.4 is 5.32 Å². The first kappa shape index (κ1) is 20.5. The zero-order valence-corrected chi connectivity index (χ0v) is 17.5. The normalized spacial score (nSPS) is 10.8. The Morgan fingerprint density at radius 3 is 2.48 bits per heavy atom. The first-order valence-corrected chi connectivity index (χ1v) is 10.4. The van der Waals surface area contributed by atoms with Crippen LogP contribution in [-0.4, -0.2) is 21.7 Å². The largest absolute Gasteiger partial charge is 0.385 e. The highest BCUT2D eigenvalue weighted by Crippen LogP contribution is 2.33. The highest BCUT2D eigenvalue weighted by Gasteiger charge is 2.16. The number of rotatable bonds is 8. The fourth-order valence-corrected chi connectivity index (χ4v) is 3.72. The standard InChI is InChI=1S/C26H25FN4/c1-18-6-3-4-7-23(18)19(2)29-15-5-8-24-25(20-13-16-28-17-14-20)26(31-30-24)21-9-11-22(27)12-10-21/h3-4,6-7,9-14,16-17,29H,2,5,8,15H2,1H3,(H,30,31). The minimum absolute atomic E-state index is 0.259. The maximum atomic E-state index is 13.4. The van der Waals surface area contributed by atoms with Gasteiger partial charge in [0.15, 0.2) is 0 Å². The predicted octanol–water partition coefficient (Wildman–Crippen LogP) is 5.78. The van der Waals surface area contributed by atoms with Crippen molar-refractivity contribution in [3.05, 3.63) is 102 Å². The maximum Gasteiger partial charge on any atom is 0.123 e. The van der Waals surface area contributed by atoms with Gasteiger partial charge in [-0.15, -0.1) is 0 Å². The summed E-state index contributed by atoms with van der Waals surface area (Å²) in [5, 5.41) is 11.2. The molecule has 4 aromatic rings. The molecule has 5 heteroatoms. The molecule has 2 heterocycles. The molecule has 156 valence electrons. The van der Waals surface area contributed by atoms with Gasteiger partial charge >= 0.3 is 0 Å². The molecule has 4 nitrogen and oxygen atoms in total. The summed E-state index contributed by atoms with van der Waals surface area (Å²) in [6.45, 7) is 7.07. The fraction of sp³-hybridized carbons (Fsp3) is 0.154. The van der Waals surface area contributed by atoms with Crippen LogP contribution in [0.5, 0.6) is 0 Å². The second-order valence-electron chi connectivity index (χ2n) is 7.49. The molecular weight excluding hydrogens is 387 g/mol. The molecule has 0 aliphatic carbocycles. The molecule has 0 saturated heterocycles. The summed E-state index contributed by atoms with van der Waals surface area (Å²) in [5.74, 6) is -0.259. The summed E-state index contributed by atoms with van der Waals surface area (Å²) in [7, 11) is 0. The van der Waals surface area contributed by atoms with Crippen molar-refractivity contribution in [2.45, 2.75) is 19.8 Å². The van der Waals surface area contributed by atoms with Gasteiger partial charge in [-0.25, -0.2) is 4.39 Å². The van der Waals surface area contributed by atoms with E-state index in [9.17, 15) is 4.39 Å². The lowest BCUT2D eigenvalue weighted by atomic mass is 9.98. The Morgan fingerprint density at radius 2 is 1.74 bits per heavy atom. The van der Waals surface area contributed by atoms with E-state index in [4.69, 9.17) is 0 Å². The van der Waals surface area contributed by atoms with Crippen LogP contribution in [0.1, 0.15) is 23.2 Å². The van der Waals surface area contributed by atoms with E-state index in [0.717, 1.165) is 58.7 Å². The molecule has 4 rings (SSSR count). The minimum atomic E-state index is -0.259. The quantitative estimate of drug-likeness (QED) is 0.361. The first-order valence-electron chi connectivity index (χ1n) is 10.4. The number of nitrogens with one attached hydrogen (secondary N) is 2. The molecule has 0 bridgehead atoms. The van der Waals surface area contributed by atoms with Crippen LogP contribution in [0.2, 0.25) is 0 Å². The molecule has 31 heavy (non-hydrogen) atoms. The van der Waals surface area contributed by atoms with Gasteiger partial charge < -0.3 is 5.32 Å². The number of aryl methyl sites for hydroxylation is 2. The van der Waals surface area contributed by atoms with Crippen molar-refractivity contribution in [2.24, 2.45) is 0 Å². The van der Waals surface area contributed by atoms with Crippen LogP contribution >= 0.6 is 0 Å². The second kappa shape index (κ2) is 9.39. The third-order valence-corrected chi connectivity index (χ3v) is 5.34. The van der Waals surface area contributed by atoms with Crippen LogP contribution in [0.3, 0.4) is 0 Å². The van der Waals surface area contributed by atoms with Gasteiger partial charge in [-0.05, 0) is 72.9 Å². The Balaban J connectivity index is 1.50. The molecule has 0 unspecified atom stereocenters. The van der Waals surface area contributed by atoms with Gasteiger partial charge in [0.05, 0.1) is 0 Å². The van der Waals surface area contributed by atoms with E-state index < -0.39 is 0 Å². The van der Waals surface area contributed by atoms with Gasteiger partial charge in [0.2, 0.25) is 0 Å². The summed E-state index contributed by atoms with van der Waals surface area (Å²) in [6, 6.07) is 18.6. The summed E-state index contributed by atoms with van der Waals surface area (Å²) >= 11 is 0. The number of aromatic amines is 1. The molecule has 0 spiro atoms. The zero-order valence-electron chi connectivity index (χ0n) is 17.5. The third kappa shape index (κ3) is 4.72. The van der Waals surface area contributed by atoms with Gasteiger partial charge in [-0.2, -0.15) is 5.10 Å². The average molecular weight is 413 g/mol. The van der Waals surface area contributed by atoms with E-state index in [0.29, 0.717) is 0 Å². The molecule has 2 aromatic heterocycles. The molecule has 0 saturated carbocycles. The van der Waals surface area contributed by atoms with Crippen molar-refractivity contribution in [1.82, 2.24) is 20.5 Å². The lowest BCUT2D eigenvalue weighted by Crippen LogP contribution is -2.14. The Morgan fingerprint density at radius 1 is 1.00 bits per heavy atom. The van der Waals surface area contributed by atoms with E-state index in [1.807, 2.05) is 24.3 Å². The molecule has 0 fully saturated rings. The maximum absolute atomic E-state index is 13.4. The highest BCUT2D eigenvalue weighted by atomic mass is 19.1. The van der Waals surface area contributed by atoms with Crippen molar-refractivity contribution in [3.63, 3.8) is 0 Å². The fourth-order valence-electron chi connectivity index (χ4n) is 3.72. The number of halogens is 1. The lowest BCUT2D eigenvalue weighted by Gasteiger charge is -2.12. The highest BCUT2D eigenvalue weighted by molar-refractivity contribution is 5.82. The van der Waals surface area contributed by atoms with Crippen molar-refractivity contribution >= 4 is 5.70 Å². The first-order chi connectivity index (χ1) is 15.1. The number of hydrogen-bond acceptors (Lipinski definition) is 3. The van der Waals surface area contributed by atoms with E-state index in [1.165, 1.54) is 17.7 Å². The van der Waals surface area contributed by atoms with Gasteiger partial charge in [0.1, 0.15) is 11.5 Å². The zero-order chi connectivity index (χ0) is 21.6. The Kier molecular flexibility index (Phi) is 6.22.